The van der Waals surface area contributed by atoms with Crippen molar-refractivity contribution in [3.8, 4) is 0 Å². The molecule has 7 heteroatoms. The van der Waals surface area contributed by atoms with Crippen LogP contribution in [0.1, 0.15) is 38.7 Å². The Morgan fingerprint density at radius 3 is 2.50 bits per heavy atom. The molecule has 1 aromatic rings. The summed E-state index contributed by atoms with van der Waals surface area (Å²) in [6, 6.07) is 6.77. The average Bonchev–Trinajstić information content (AvgIpc) is 2.97. The van der Waals surface area contributed by atoms with E-state index in [1.807, 2.05) is 0 Å². The fraction of sp³-hybridized carbons (Fsp3) is 0.529. The van der Waals surface area contributed by atoms with Crippen LogP contribution in [0.4, 0.5) is 5.69 Å². The maximum atomic E-state index is 12.3. The summed E-state index contributed by atoms with van der Waals surface area (Å²) in [5.41, 5.74) is 1.16. The first-order chi connectivity index (χ1) is 11.2. The molecule has 1 fully saturated rings. The Balaban J connectivity index is 2.02. The summed E-state index contributed by atoms with van der Waals surface area (Å²) >= 11 is 0. The van der Waals surface area contributed by atoms with E-state index in [1.54, 1.807) is 38.1 Å². The number of amides is 1. The smallest absolute Gasteiger partial charge is 0.306 e. The van der Waals surface area contributed by atoms with E-state index in [1.165, 1.54) is 0 Å². The Hall–Kier alpha value is -1.89. The molecule has 6 nitrogen and oxygen atoms in total. The minimum absolute atomic E-state index is 0.0705. The molecule has 0 aromatic heterocycles. The first kappa shape index (κ1) is 18.4. The van der Waals surface area contributed by atoms with Gasteiger partial charge in [0.15, 0.2) is 9.84 Å². The molecule has 0 bridgehead atoms. The van der Waals surface area contributed by atoms with Gasteiger partial charge in [-0.25, -0.2) is 8.42 Å². The van der Waals surface area contributed by atoms with Crippen molar-refractivity contribution in [3.63, 3.8) is 0 Å². The molecule has 1 aromatic carbocycles. The molecular weight excluding hydrogens is 330 g/mol. The highest BCUT2D eigenvalue weighted by Crippen LogP contribution is 2.32. The lowest BCUT2D eigenvalue weighted by Gasteiger charge is -2.12. The Kier molecular flexibility index (Phi) is 5.64. The van der Waals surface area contributed by atoms with E-state index in [2.05, 4.69) is 5.32 Å². The highest BCUT2D eigenvalue weighted by Gasteiger charge is 2.33. The average molecular weight is 353 g/mol. The fourth-order valence-electron chi connectivity index (χ4n) is 2.83. The zero-order chi connectivity index (χ0) is 17.9. The number of anilines is 1. The summed E-state index contributed by atoms with van der Waals surface area (Å²) in [5, 5.41) is 11.3. The van der Waals surface area contributed by atoms with Crippen LogP contribution in [0.3, 0.4) is 0 Å². The van der Waals surface area contributed by atoms with Crippen LogP contribution < -0.4 is 5.32 Å². The van der Waals surface area contributed by atoms with Gasteiger partial charge in [0, 0.05) is 11.6 Å². The molecule has 0 aliphatic heterocycles. The monoisotopic (exact) mass is 353 g/mol. The van der Waals surface area contributed by atoms with E-state index in [4.69, 9.17) is 5.11 Å². The third kappa shape index (κ3) is 4.56. The summed E-state index contributed by atoms with van der Waals surface area (Å²) in [6.45, 7) is 3.28. The number of nitrogens with one attached hydrogen (secondary N) is 1. The van der Waals surface area contributed by atoms with Gasteiger partial charge in [-0.15, -0.1) is 0 Å². The summed E-state index contributed by atoms with van der Waals surface area (Å²) in [7, 11) is -3.21. The van der Waals surface area contributed by atoms with Gasteiger partial charge in [-0.3, -0.25) is 9.59 Å². The maximum absolute atomic E-state index is 12.3. The van der Waals surface area contributed by atoms with Gasteiger partial charge < -0.3 is 10.4 Å². The van der Waals surface area contributed by atoms with E-state index in [-0.39, 0.29) is 17.6 Å². The van der Waals surface area contributed by atoms with E-state index in [0.717, 1.165) is 0 Å². The number of carboxylic acids is 1. The summed E-state index contributed by atoms with van der Waals surface area (Å²) in [5.74, 6) is -1.90. The molecule has 0 unspecified atom stereocenters. The molecule has 2 N–H and O–H groups in total. The molecule has 1 aliphatic carbocycles. The lowest BCUT2D eigenvalue weighted by Crippen LogP contribution is -2.22. The molecule has 0 saturated heterocycles. The first-order valence-electron chi connectivity index (χ1n) is 8.03. The van der Waals surface area contributed by atoms with Crippen molar-refractivity contribution < 1.29 is 23.1 Å². The van der Waals surface area contributed by atoms with Gasteiger partial charge in [0.2, 0.25) is 5.91 Å². The molecule has 1 amide bonds. The molecule has 1 aliphatic rings. The van der Waals surface area contributed by atoms with Crippen LogP contribution in [-0.2, 0) is 25.2 Å². The summed E-state index contributed by atoms with van der Waals surface area (Å²) < 4.78 is 24.0. The number of carboxylic acid groups (broad SMARTS) is 1. The Bertz CT molecular complexity index is 726. The quantitative estimate of drug-likeness (QED) is 0.818. The second kappa shape index (κ2) is 7.34. The normalized spacial score (nSPS) is 21.0. The number of benzene rings is 1. The number of hydrogen-bond donors (Lipinski definition) is 2. The van der Waals surface area contributed by atoms with Gasteiger partial charge in [0.05, 0.1) is 16.9 Å². The van der Waals surface area contributed by atoms with Gasteiger partial charge in [-0.1, -0.05) is 12.1 Å². The number of sulfone groups is 1. The SMILES string of the molecule is CC(C)S(=O)(=O)Cc1cccc(NC(=O)[C@@H]2CC[C@H](C(=O)O)C2)c1. The van der Waals surface area contributed by atoms with Gasteiger partial charge in [0.1, 0.15) is 0 Å². The van der Waals surface area contributed by atoms with Crippen molar-refractivity contribution in [2.75, 3.05) is 5.32 Å². The molecule has 1 saturated carbocycles. The molecule has 2 rings (SSSR count). The lowest BCUT2D eigenvalue weighted by atomic mass is 10.0. The number of rotatable bonds is 6. The predicted octanol–water partition coefficient (Wildman–Crippen LogP) is 2.45. The second-order valence-electron chi connectivity index (χ2n) is 6.59. The largest absolute Gasteiger partial charge is 0.481 e. The van der Waals surface area contributed by atoms with Crippen molar-refractivity contribution in [1.82, 2.24) is 0 Å². The standard InChI is InChI=1S/C17H23NO5S/c1-11(2)24(22,23)10-12-4-3-5-15(8-12)18-16(19)13-6-7-14(9-13)17(20)21/h3-5,8,11,13-14H,6-7,9-10H2,1-2H3,(H,18,19)(H,20,21)/t13-,14+/m1/s1. The van der Waals surface area contributed by atoms with Crippen LogP contribution >= 0.6 is 0 Å². The van der Waals surface area contributed by atoms with Crippen LogP contribution in [0.2, 0.25) is 0 Å². The topological polar surface area (TPSA) is 101 Å². The van der Waals surface area contributed by atoms with Gasteiger partial charge in [0.25, 0.3) is 0 Å². The van der Waals surface area contributed by atoms with Crippen LogP contribution in [0.15, 0.2) is 24.3 Å². The Labute approximate surface area is 142 Å². The van der Waals surface area contributed by atoms with E-state index in [9.17, 15) is 18.0 Å². The molecule has 24 heavy (non-hydrogen) atoms. The van der Waals surface area contributed by atoms with Crippen molar-refractivity contribution in [2.24, 2.45) is 11.8 Å². The fourth-order valence-corrected chi connectivity index (χ4v) is 3.80. The van der Waals surface area contributed by atoms with Gasteiger partial charge >= 0.3 is 5.97 Å². The van der Waals surface area contributed by atoms with Crippen LogP contribution in [0.5, 0.6) is 0 Å². The van der Waals surface area contributed by atoms with Gasteiger partial charge in [-0.2, -0.15) is 0 Å². The number of hydrogen-bond acceptors (Lipinski definition) is 4. The molecule has 0 heterocycles. The third-order valence-corrected chi connectivity index (χ3v) is 6.61. The number of aliphatic carboxylic acids is 1. The number of carbonyl (C=O) groups is 2. The minimum atomic E-state index is -3.21. The molecule has 132 valence electrons. The zero-order valence-corrected chi connectivity index (χ0v) is 14.7. The molecule has 2 atom stereocenters. The predicted molar refractivity (Wildman–Crippen MR) is 91.3 cm³/mol. The number of carbonyl (C=O) groups excluding carboxylic acids is 1. The maximum Gasteiger partial charge on any atom is 0.306 e. The van der Waals surface area contributed by atoms with E-state index in [0.29, 0.717) is 30.5 Å². The van der Waals surface area contributed by atoms with E-state index >= 15 is 0 Å². The first-order valence-corrected chi connectivity index (χ1v) is 9.74. The summed E-state index contributed by atoms with van der Waals surface area (Å²) in [4.78, 5) is 23.2. The Morgan fingerprint density at radius 2 is 1.92 bits per heavy atom. The van der Waals surface area contributed by atoms with Crippen molar-refractivity contribution in [2.45, 2.75) is 44.1 Å². The highest BCUT2D eigenvalue weighted by molar-refractivity contribution is 7.91. The van der Waals surface area contributed by atoms with Crippen molar-refractivity contribution >= 4 is 27.4 Å². The van der Waals surface area contributed by atoms with Gasteiger partial charge in [-0.05, 0) is 50.8 Å². The Morgan fingerprint density at radius 1 is 1.25 bits per heavy atom. The van der Waals surface area contributed by atoms with Crippen molar-refractivity contribution in [3.05, 3.63) is 29.8 Å². The van der Waals surface area contributed by atoms with E-state index < -0.39 is 27.0 Å². The van der Waals surface area contributed by atoms with Crippen molar-refractivity contribution in [1.29, 1.82) is 0 Å². The third-order valence-electron chi connectivity index (χ3n) is 4.43. The lowest BCUT2D eigenvalue weighted by molar-refractivity contribution is -0.141. The molecule has 0 radical (unpaired) electrons. The van der Waals surface area contributed by atoms with Crippen LogP contribution in [0.25, 0.3) is 0 Å². The second-order valence-corrected chi connectivity index (χ2v) is 9.15. The molecular formula is C17H23NO5S. The summed E-state index contributed by atoms with van der Waals surface area (Å²) in [6.07, 6.45) is 1.42. The highest BCUT2D eigenvalue weighted by atomic mass is 32.2. The van der Waals surface area contributed by atoms with Crippen LogP contribution in [-0.4, -0.2) is 30.7 Å². The molecule has 0 spiro atoms. The zero-order valence-electron chi connectivity index (χ0n) is 13.9. The minimum Gasteiger partial charge on any atom is -0.481 e. The van der Waals surface area contributed by atoms with Crippen LogP contribution in [0, 0.1) is 11.8 Å².